The maximum atomic E-state index is 14.7. The molecule has 0 unspecified atom stereocenters. The topological polar surface area (TPSA) is 227 Å². The highest BCUT2D eigenvalue weighted by Gasteiger charge is 2.52. The number of furan rings is 2. The largest absolute Gasteiger partial charge is 0.475 e. The number of nitrogens with zero attached hydrogens (tertiary/aromatic N) is 4. The maximum absolute atomic E-state index is 14.7. The maximum Gasteiger partial charge on any atom is 0.475 e. The van der Waals surface area contributed by atoms with Crippen LogP contribution in [0.2, 0.25) is 0 Å². The van der Waals surface area contributed by atoms with Crippen LogP contribution >= 0.6 is 7.82 Å². The minimum Gasteiger partial charge on any atom is -0.403 e. The monoisotopic (exact) mass is 577 g/mol. The smallest absolute Gasteiger partial charge is 0.403 e. The fraction of sp³-hybridized carbons (Fsp3) is 0.368. The third kappa shape index (κ3) is 6.70. The second kappa shape index (κ2) is 11.0. The van der Waals surface area contributed by atoms with Gasteiger partial charge in [0.2, 0.25) is 6.23 Å². The second-order valence-corrected chi connectivity index (χ2v) is 9.57. The van der Waals surface area contributed by atoms with Gasteiger partial charge in [-0.15, -0.1) is 0 Å². The lowest BCUT2D eigenvalue weighted by atomic mass is 10.2. The van der Waals surface area contributed by atoms with E-state index in [-0.39, 0.29) is 17.3 Å². The molecule has 0 saturated carbocycles. The molecule has 1 aliphatic rings. The Morgan fingerprint density at radius 1 is 1.05 bits per heavy atom. The van der Waals surface area contributed by atoms with Gasteiger partial charge >= 0.3 is 25.3 Å². The Morgan fingerprint density at radius 2 is 1.62 bits per heavy atom. The van der Waals surface area contributed by atoms with Crippen LogP contribution in [0.5, 0.6) is 0 Å². The summed E-state index contributed by atoms with van der Waals surface area (Å²) in [5, 5.41) is 21.6. The van der Waals surface area contributed by atoms with E-state index in [4.69, 9.17) is 32.9 Å². The second-order valence-electron chi connectivity index (χ2n) is 7.90. The van der Waals surface area contributed by atoms with Crippen LogP contribution in [-0.2, 0) is 36.1 Å². The Balaban J connectivity index is 1.46. The molecule has 17 nitrogen and oxygen atoms in total. The van der Waals surface area contributed by atoms with Crippen LogP contribution in [0.15, 0.2) is 50.2 Å². The predicted octanol–water partition coefficient (Wildman–Crippen LogP) is 3.31. The first-order valence-electron chi connectivity index (χ1n) is 10.7. The number of phosphoric acid groups is 1. The van der Waals surface area contributed by atoms with Gasteiger partial charge in [0, 0.05) is 12.6 Å². The van der Waals surface area contributed by atoms with Gasteiger partial charge in [-0.3, -0.25) is 38.4 Å². The van der Waals surface area contributed by atoms with Gasteiger partial charge in [0.1, 0.15) is 40.4 Å². The molecule has 3 aromatic heterocycles. The van der Waals surface area contributed by atoms with E-state index in [2.05, 4.69) is 4.98 Å². The molecule has 0 aliphatic carbocycles. The quantitative estimate of drug-likeness (QED) is 0.185. The number of alkyl halides is 2. The Labute approximate surface area is 214 Å². The van der Waals surface area contributed by atoms with E-state index in [0.29, 0.717) is 4.57 Å². The minimum absolute atomic E-state index is 0.151. The Bertz CT molecular complexity index is 1410. The molecule has 0 radical (unpaired) electrons. The first kappa shape index (κ1) is 28.0. The Kier molecular flexibility index (Phi) is 7.89. The molecule has 4 rings (SSSR count). The van der Waals surface area contributed by atoms with Crippen molar-refractivity contribution < 1.29 is 50.3 Å². The highest BCUT2D eigenvalue weighted by Crippen LogP contribution is 2.52. The summed E-state index contributed by atoms with van der Waals surface area (Å²) in [6.45, 7) is -2.11. The number of anilines is 1. The first-order chi connectivity index (χ1) is 18.3. The first-order valence-corrected chi connectivity index (χ1v) is 12.2. The predicted molar refractivity (Wildman–Crippen MR) is 120 cm³/mol. The number of rotatable bonds is 12. The van der Waals surface area contributed by atoms with Gasteiger partial charge < -0.3 is 19.3 Å². The average molecular weight is 577 g/mol. The van der Waals surface area contributed by atoms with E-state index in [0.717, 1.165) is 36.5 Å². The van der Waals surface area contributed by atoms with E-state index in [9.17, 15) is 38.4 Å². The molecule has 2 atom stereocenters. The third-order valence-corrected chi connectivity index (χ3v) is 6.45. The molecule has 3 aromatic rings. The van der Waals surface area contributed by atoms with Gasteiger partial charge in [0.05, 0.1) is 24.8 Å². The highest BCUT2D eigenvalue weighted by molar-refractivity contribution is 7.48. The number of hydrogen-bond acceptors (Lipinski definition) is 14. The van der Waals surface area contributed by atoms with E-state index in [1.54, 1.807) is 0 Å². The Hall–Kier alpha value is -4.03. The van der Waals surface area contributed by atoms with Crippen LogP contribution in [-0.4, -0.2) is 38.0 Å². The van der Waals surface area contributed by atoms with Crippen molar-refractivity contribution in [2.45, 2.75) is 37.9 Å². The molecule has 4 heterocycles. The minimum atomic E-state index is -4.66. The summed E-state index contributed by atoms with van der Waals surface area (Å²) in [5.41, 5.74) is 4.29. The van der Waals surface area contributed by atoms with Crippen molar-refractivity contribution in [3.8, 4) is 0 Å². The van der Waals surface area contributed by atoms with Crippen molar-refractivity contribution >= 4 is 25.4 Å². The summed E-state index contributed by atoms with van der Waals surface area (Å²) in [5.74, 6) is -5.32. The van der Waals surface area contributed by atoms with Crippen molar-refractivity contribution in [1.29, 1.82) is 0 Å². The van der Waals surface area contributed by atoms with Gasteiger partial charge in [-0.2, -0.15) is 4.98 Å². The molecule has 2 N–H and O–H groups in total. The molecule has 1 saturated heterocycles. The fourth-order valence-electron chi connectivity index (χ4n) is 3.36. The normalized spacial score (nSPS) is 18.8. The van der Waals surface area contributed by atoms with Crippen LogP contribution in [0.25, 0.3) is 0 Å². The van der Waals surface area contributed by atoms with Crippen molar-refractivity contribution in [3.63, 3.8) is 0 Å². The molecular formula is C19H18F2N5O12P. The van der Waals surface area contributed by atoms with Crippen molar-refractivity contribution in [2.75, 3.05) is 12.3 Å². The summed E-state index contributed by atoms with van der Waals surface area (Å²) in [6, 6.07) is 5.45. The molecule has 210 valence electrons. The lowest BCUT2D eigenvalue weighted by Gasteiger charge is -2.20. The van der Waals surface area contributed by atoms with Crippen LogP contribution in [0.3, 0.4) is 0 Å². The molecule has 1 aliphatic heterocycles. The summed E-state index contributed by atoms with van der Waals surface area (Å²) in [7, 11) is -4.66. The number of phosphoric ester groups is 1. The van der Waals surface area contributed by atoms with Gasteiger partial charge in [0.15, 0.2) is 0 Å². The number of hydrogen-bond donors (Lipinski definition) is 1. The van der Waals surface area contributed by atoms with Crippen LogP contribution in [0.4, 0.5) is 26.4 Å². The molecule has 20 heteroatoms. The number of halogens is 2. The van der Waals surface area contributed by atoms with E-state index >= 15 is 0 Å². The number of aromatic nitrogens is 2. The molecule has 0 aromatic carbocycles. The Morgan fingerprint density at radius 3 is 2.10 bits per heavy atom. The lowest BCUT2D eigenvalue weighted by Crippen LogP contribution is -2.35. The number of nitrogens with two attached hydrogens (primary N) is 1. The zero-order valence-electron chi connectivity index (χ0n) is 19.4. The molecular weight excluding hydrogens is 559 g/mol. The molecule has 1 fully saturated rings. The van der Waals surface area contributed by atoms with Gasteiger partial charge in [-0.05, 0) is 18.2 Å². The molecule has 0 amide bonds. The number of ether oxygens (including phenoxy) is 1. The summed E-state index contributed by atoms with van der Waals surface area (Å²) >= 11 is 0. The van der Waals surface area contributed by atoms with E-state index < -0.39 is 79.6 Å². The summed E-state index contributed by atoms with van der Waals surface area (Å²) in [4.78, 5) is 35.3. The van der Waals surface area contributed by atoms with Crippen molar-refractivity contribution in [2.24, 2.45) is 0 Å². The van der Waals surface area contributed by atoms with Gasteiger partial charge in [0.25, 0.3) is 5.92 Å². The standard InChI is InChI=1S/C19H18F2N5O12P/c20-19(21)7-13(38-17(19)24-6-5-14(22)23-18(24)27)10-35-39(32,33-8-11-1-3-15(36-11)25(28)29)34-9-12-2-4-16(37-12)26(30)31/h1-6,13,17H,7-10H2,(H2,22,23,27)/t13-,17+/m0/s1. The summed E-state index contributed by atoms with van der Waals surface area (Å²) in [6.07, 6.45) is -3.46. The average Bonchev–Trinajstić information content (AvgIpc) is 3.59. The van der Waals surface area contributed by atoms with Crippen molar-refractivity contribution in [1.82, 2.24) is 9.55 Å². The van der Waals surface area contributed by atoms with Crippen LogP contribution in [0.1, 0.15) is 24.2 Å². The van der Waals surface area contributed by atoms with E-state index in [1.807, 2.05) is 0 Å². The fourth-order valence-corrected chi connectivity index (χ4v) is 4.51. The van der Waals surface area contributed by atoms with Gasteiger partial charge in [-0.25, -0.2) is 18.1 Å². The van der Waals surface area contributed by atoms with E-state index in [1.165, 1.54) is 0 Å². The number of nitrogen functional groups attached to an aromatic ring is 1. The third-order valence-electron chi connectivity index (χ3n) is 5.09. The number of nitro groups is 2. The molecule has 39 heavy (non-hydrogen) atoms. The zero-order valence-corrected chi connectivity index (χ0v) is 20.3. The van der Waals surface area contributed by atoms with Crippen LogP contribution < -0.4 is 11.4 Å². The van der Waals surface area contributed by atoms with Crippen LogP contribution in [0, 0.1) is 20.2 Å². The summed E-state index contributed by atoms with van der Waals surface area (Å²) < 4.78 is 73.6. The zero-order chi connectivity index (χ0) is 28.4. The van der Waals surface area contributed by atoms with Crippen molar-refractivity contribution in [3.05, 3.63) is 78.8 Å². The highest BCUT2D eigenvalue weighted by atomic mass is 31.2. The molecule has 0 bridgehead atoms. The van der Waals surface area contributed by atoms with Gasteiger partial charge in [-0.1, -0.05) is 0 Å². The SMILES string of the molecule is Nc1ccn([C@@H]2O[C@H](COP(=O)(OCc3ccc([N+](=O)[O-])o3)OCc3ccc([N+](=O)[O-])o3)CC2(F)F)c(=O)n1. The lowest BCUT2D eigenvalue weighted by molar-refractivity contribution is -0.402. The molecule has 0 spiro atoms.